The average Bonchev–Trinajstić information content (AvgIpc) is 2.90. The molecule has 1 saturated heterocycles. The molecule has 7 heteroatoms. The van der Waals surface area contributed by atoms with E-state index in [4.69, 9.17) is 0 Å². The van der Waals surface area contributed by atoms with Gasteiger partial charge in [0.15, 0.2) is 0 Å². The van der Waals surface area contributed by atoms with E-state index >= 15 is 0 Å². The van der Waals surface area contributed by atoms with E-state index in [1.54, 1.807) is 11.5 Å². The first-order chi connectivity index (χ1) is 11.0. The van der Waals surface area contributed by atoms with E-state index < -0.39 is 5.66 Å². The molecule has 0 aliphatic carbocycles. The summed E-state index contributed by atoms with van der Waals surface area (Å²) < 4.78 is 1.66. The molecule has 0 bridgehead atoms. The Morgan fingerprint density at radius 3 is 2.74 bits per heavy atom. The minimum atomic E-state index is -0.948. The Morgan fingerprint density at radius 2 is 2.04 bits per heavy atom. The van der Waals surface area contributed by atoms with Gasteiger partial charge in [-0.3, -0.25) is 15.2 Å². The van der Waals surface area contributed by atoms with E-state index in [0.717, 1.165) is 5.52 Å². The molecule has 3 rings (SSSR count). The van der Waals surface area contributed by atoms with Gasteiger partial charge in [-0.05, 0) is 32.9 Å². The average molecular weight is 315 g/mol. The third-order valence-electron chi connectivity index (χ3n) is 4.08. The van der Waals surface area contributed by atoms with Gasteiger partial charge >= 0.3 is 0 Å². The van der Waals surface area contributed by atoms with Crippen LogP contribution in [0.5, 0.6) is 5.75 Å². The Balaban J connectivity index is 2.26. The van der Waals surface area contributed by atoms with E-state index in [1.165, 1.54) is 0 Å². The monoisotopic (exact) mass is 315 g/mol. The summed E-state index contributed by atoms with van der Waals surface area (Å²) >= 11 is 0. The summed E-state index contributed by atoms with van der Waals surface area (Å²) in [6.45, 7) is 6.75. The summed E-state index contributed by atoms with van der Waals surface area (Å²) in [6.07, 6.45) is 0. The molecular weight excluding hydrogens is 294 g/mol. The van der Waals surface area contributed by atoms with Crippen molar-refractivity contribution in [2.75, 3.05) is 6.54 Å². The number of aromatic hydroxyl groups is 1. The molecule has 0 amide bonds. The molecule has 2 heterocycles. The molecule has 0 radical (unpaired) electrons. The summed E-state index contributed by atoms with van der Waals surface area (Å²) in [5, 5.41) is 14.5. The molecule has 1 fully saturated rings. The predicted octanol–water partition coefficient (Wildman–Crippen LogP) is 0.973. The van der Waals surface area contributed by atoms with Gasteiger partial charge < -0.3 is 15.0 Å². The maximum absolute atomic E-state index is 12.9. The molecule has 1 atom stereocenters. The summed E-state index contributed by atoms with van der Waals surface area (Å²) in [4.78, 5) is 17.2. The highest BCUT2D eigenvalue weighted by atomic mass is 16.3. The van der Waals surface area contributed by atoms with Gasteiger partial charge in [-0.1, -0.05) is 12.1 Å². The van der Waals surface area contributed by atoms with Crippen LogP contribution in [0.25, 0.3) is 10.9 Å². The van der Waals surface area contributed by atoms with Gasteiger partial charge in [0, 0.05) is 18.5 Å². The lowest BCUT2D eigenvalue weighted by Crippen LogP contribution is -2.49. The fraction of sp³-hybridized carbons (Fsp3) is 0.375. The molecule has 0 spiro atoms. The molecule has 1 aromatic carbocycles. The second kappa shape index (κ2) is 5.58. The number of rotatable bonds is 3. The molecule has 0 unspecified atom stereocenters. The highest BCUT2D eigenvalue weighted by Gasteiger charge is 2.39. The number of pyridine rings is 1. The van der Waals surface area contributed by atoms with E-state index in [-0.39, 0.29) is 16.9 Å². The molecule has 2 aromatic rings. The fourth-order valence-corrected chi connectivity index (χ4v) is 3.00. The van der Waals surface area contributed by atoms with Crippen LogP contribution < -0.4 is 21.7 Å². The van der Waals surface area contributed by atoms with Crippen molar-refractivity contribution in [3.63, 3.8) is 0 Å². The summed E-state index contributed by atoms with van der Waals surface area (Å²) in [7, 11) is 0. The molecule has 1 aliphatic rings. The van der Waals surface area contributed by atoms with Gasteiger partial charge in [0.1, 0.15) is 17.0 Å². The molecule has 0 saturated carbocycles. The number of guanidine groups is 1. The molecule has 1 aromatic heterocycles. The van der Waals surface area contributed by atoms with Crippen LogP contribution >= 0.6 is 0 Å². The quantitative estimate of drug-likeness (QED) is 0.678. The van der Waals surface area contributed by atoms with Crippen LogP contribution in [0.4, 0.5) is 0 Å². The van der Waals surface area contributed by atoms with E-state index in [1.807, 2.05) is 38.1 Å². The molecule has 7 nitrogen and oxygen atoms in total. The van der Waals surface area contributed by atoms with Crippen LogP contribution in [0.1, 0.15) is 26.3 Å². The fourth-order valence-electron chi connectivity index (χ4n) is 3.00. The number of hydrogen-bond acceptors (Lipinski definition) is 4. The predicted molar refractivity (Wildman–Crippen MR) is 90.3 cm³/mol. The number of hydrazine groups is 1. The van der Waals surface area contributed by atoms with Gasteiger partial charge in [-0.15, -0.1) is 0 Å². The Bertz CT molecular complexity index is 842. The summed E-state index contributed by atoms with van der Waals surface area (Å²) in [5.41, 5.74) is 5.74. The second-order valence-corrected chi connectivity index (χ2v) is 5.61. The van der Waals surface area contributed by atoms with Crippen LogP contribution in [0.2, 0.25) is 0 Å². The van der Waals surface area contributed by atoms with Crippen molar-refractivity contribution >= 4 is 16.9 Å². The lowest BCUT2D eigenvalue weighted by Gasteiger charge is -2.26. The van der Waals surface area contributed by atoms with Gasteiger partial charge in [-0.2, -0.15) is 0 Å². The van der Waals surface area contributed by atoms with Crippen molar-refractivity contribution in [2.45, 2.75) is 33.0 Å². The third kappa shape index (κ3) is 2.33. The SMILES string of the molecule is CCN=C1NN[C@@](C)(c2c(O)c3ccccc3n(CC)c2=O)N1. The van der Waals surface area contributed by atoms with Gasteiger partial charge in [0.25, 0.3) is 5.56 Å². The lowest BCUT2D eigenvalue weighted by molar-refractivity contribution is 0.345. The largest absolute Gasteiger partial charge is 0.507 e. The Morgan fingerprint density at radius 1 is 1.30 bits per heavy atom. The number of aryl methyl sites for hydroxylation is 1. The van der Waals surface area contributed by atoms with E-state index in [0.29, 0.717) is 24.4 Å². The minimum absolute atomic E-state index is 0.0163. The molecule has 23 heavy (non-hydrogen) atoms. The van der Waals surface area contributed by atoms with Crippen LogP contribution in [0.3, 0.4) is 0 Å². The lowest BCUT2D eigenvalue weighted by atomic mass is 10.00. The number of aromatic nitrogens is 1. The van der Waals surface area contributed by atoms with Crippen LogP contribution in [-0.2, 0) is 12.2 Å². The normalized spacial score (nSPS) is 22.3. The summed E-state index contributed by atoms with van der Waals surface area (Å²) in [6, 6.07) is 7.35. The highest BCUT2D eigenvalue weighted by Crippen LogP contribution is 2.32. The number of aliphatic imine (C=N–C) groups is 1. The van der Waals surface area contributed by atoms with Crippen molar-refractivity contribution in [3.05, 3.63) is 40.2 Å². The van der Waals surface area contributed by atoms with Crippen molar-refractivity contribution in [1.82, 2.24) is 20.7 Å². The number of nitrogens with zero attached hydrogens (tertiary/aromatic N) is 2. The first kappa shape index (κ1) is 15.4. The van der Waals surface area contributed by atoms with Crippen molar-refractivity contribution in [3.8, 4) is 5.75 Å². The third-order valence-corrected chi connectivity index (χ3v) is 4.08. The van der Waals surface area contributed by atoms with Crippen molar-refractivity contribution in [2.24, 2.45) is 4.99 Å². The number of benzene rings is 1. The number of hydrogen-bond donors (Lipinski definition) is 4. The highest BCUT2D eigenvalue weighted by molar-refractivity contribution is 5.88. The molecule has 1 aliphatic heterocycles. The first-order valence-corrected chi connectivity index (χ1v) is 7.72. The van der Waals surface area contributed by atoms with E-state index in [9.17, 15) is 9.90 Å². The Hall–Kier alpha value is -2.54. The van der Waals surface area contributed by atoms with Gasteiger partial charge in [0.2, 0.25) is 5.96 Å². The second-order valence-electron chi connectivity index (χ2n) is 5.61. The summed E-state index contributed by atoms with van der Waals surface area (Å²) in [5.74, 6) is 0.530. The smallest absolute Gasteiger partial charge is 0.261 e. The number of nitrogens with one attached hydrogen (secondary N) is 3. The first-order valence-electron chi connectivity index (χ1n) is 7.72. The number of para-hydroxylation sites is 1. The zero-order chi connectivity index (χ0) is 16.6. The van der Waals surface area contributed by atoms with E-state index in [2.05, 4.69) is 21.2 Å². The molecular formula is C16H21N5O2. The zero-order valence-electron chi connectivity index (χ0n) is 13.5. The maximum atomic E-state index is 12.9. The standard InChI is InChI=1S/C16H21N5O2/c1-4-17-15-18-16(3,20-19-15)12-13(22)10-8-6-7-9-11(10)21(5-2)14(12)23/h6-9,20,22H,4-5H2,1-3H3,(H2,17,18,19)/t16-/m0/s1. The van der Waals surface area contributed by atoms with Gasteiger partial charge in [0.05, 0.1) is 5.52 Å². The number of fused-ring (bicyclic) bond motifs is 1. The zero-order valence-corrected chi connectivity index (χ0v) is 13.5. The Labute approximate surface area is 134 Å². The van der Waals surface area contributed by atoms with Crippen LogP contribution in [0.15, 0.2) is 34.1 Å². The minimum Gasteiger partial charge on any atom is -0.507 e. The maximum Gasteiger partial charge on any atom is 0.261 e. The topological polar surface area (TPSA) is 90.7 Å². The molecule has 4 N–H and O–H groups in total. The van der Waals surface area contributed by atoms with Crippen molar-refractivity contribution < 1.29 is 5.11 Å². The Kier molecular flexibility index (Phi) is 3.73. The van der Waals surface area contributed by atoms with Crippen LogP contribution in [-0.4, -0.2) is 22.2 Å². The van der Waals surface area contributed by atoms with Gasteiger partial charge in [-0.25, -0.2) is 5.43 Å². The molecule has 122 valence electrons. The van der Waals surface area contributed by atoms with Crippen molar-refractivity contribution in [1.29, 1.82) is 0 Å². The van der Waals surface area contributed by atoms with Crippen LogP contribution in [0, 0.1) is 0 Å².